The van der Waals surface area contributed by atoms with Crippen molar-refractivity contribution in [3.05, 3.63) is 69.4 Å². The van der Waals surface area contributed by atoms with Gasteiger partial charge >= 0.3 is 5.97 Å². The van der Waals surface area contributed by atoms with Gasteiger partial charge in [0.25, 0.3) is 0 Å². The first-order chi connectivity index (χ1) is 12.0. The minimum atomic E-state index is -0.983. The van der Waals surface area contributed by atoms with Crippen LogP contribution in [-0.2, 0) is 6.61 Å². The normalized spacial score (nSPS) is 10.7. The van der Waals surface area contributed by atoms with Crippen molar-refractivity contribution in [3.63, 3.8) is 0 Å². The Morgan fingerprint density at radius 1 is 1.28 bits per heavy atom. The number of benzene rings is 2. The number of carboxylic acids is 1. The lowest BCUT2D eigenvalue weighted by atomic mass is 10.2. The predicted octanol–water partition coefficient (Wildman–Crippen LogP) is 5.19. The van der Waals surface area contributed by atoms with Crippen LogP contribution in [0.1, 0.15) is 20.9 Å². The number of aryl methyl sites for hydroxylation is 1. The van der Waals surface area contributed by atoms with E-state index >= 15 is 0 Å². The molecule has 1 N–H and O–H groups in total. The minimum Gasteiger partial charge on any atom is -0.489 e. The van der Waals surface area contributed by atoms with Crippen molar-refractivity contribution in [3.8, 4) is 16.3 Å². The van der Waals surface area contributed by atoms with Crippen molar-refractivity contribution in [1.82, 2.24) is 4.98 Å². The molecule has 0 saturated heterocycles. The topological polar surface area (TPSA) is 59.4 Å². The number of aromatic carboxylic acids is 1. The van der Waals surface area contributed by atoms with Crippen LogP contribution in [-0.4, -0.2) is 16.1 Å². The molecule has 3 rings (SSSR count). The first-order valence-corrected chi connectivity index (χ1v) is 8.52. The number of carboxylic acid groups (broad SMARTS) is 1. The number of carbonyl (C=O) groups is 1. The smallest absolute Gasteiger partial charge is 0.347 e. The highest BCUT2D eigenvalue weighted by molar-refractivity contribution is 7.17. The summed E-state index contributed by atoms with van der Waals surface area (Å²) in [5.74, 6) is -0.846. The summed E-state index contributed by atoms with van der Waals surface area (Å²) in [7, 11) is 0. The molecule has 0 bridgehead atoms. The van der Waals surface area contributed by atoms with Crippen LogP contribution >= 0.6 is 22.9 Å². The number of thiazole rings is 1. The van der Waals surface area contributed by atoms with E-state index < -0.39 is 11.8 Å². The molecule has 2 aromatic carbocycles. The van der Waals surface area contributed by atoms with Crippen LogP contribution in [0.25, 0.3) is 10.6 Å². The zero-order valence-corrected chi connectivity index (χ0v) is 14.7. The molecule has 3 aromatic rings. The van der Waals surface area contributed by atoms with E-state index in [4.69, 9.17) is 21.4 Å². The number of aromatic nitrogens is 1. The Bertz CT molecular complexity index is 904. The second-order valence-corrected chi connectivity index (χ2v) is 6.66. The average molecular weight is 378 g/mol. The maximum Gasteiger partial charge on any atom is 0.347 e. The molecule has 0 spiro atoms. The van der Waals surface area contributed by atoms with Gasteiger partial charge in [0.15, 0.2) is 0 Å². The Kier molecular flexibility index (Phi) is 5.01. The number of rotatable bonds is 5. The van der Waals surface area contributed by atoms with E-state index in [0.29, 0.717) is 27.0 Å². The van der Waals surface area contributed by atoms with Crippen LogP contribution in [0.15, 0.2) is 42.5 Å². The van der Waals surface area contributed by atoms with Crippen LogP contribution in [0, 0.1) is 12.7 Å². The molecular formula is C18H13ClFNO3S. The summed E-state index contributed by atoms with van der Waals surface area (Å²) in [6, 6.07) is 11.5. The lowest BCUT2D eigenvalue weighted by molar-refractivity contribution is 0.0701. The highest BCUT2D eigenvalue weighted by Crippen LogP contribution is 2.29. The average Bonchev–Trinajstić information content (AvgIpc) is 2.97. The maximum atomic E-state index is 13.7. The van der Waals surface area contributed by atoms with Gasteiger partial charge in [-0.15, -0.1) is 11.3 Å². The molecule has 0 unspecified atom stereocenters. The van der Waals surface area contributed by atoms with Gasteiger partial charge in [-0.3, -0.25) is 0 Å². The summed E-state index contributed by atoms with van der Waals surface area (Å²) in [5.41, 5.74) is 1.58. The minimum absolute atomic E-state index is 0.0182. The fourth-order valence-corrected chi connectivity index (χ4v) is 3.37. The van der Waals surface area contributed by atoms with Gasteiger partial charge < -0.3 is 9.84 Å². The molecule has 0 aliphatic rings. The number of ether oxygens (including phenoxy) is 1. The summed E-state index contributed by atoms with van der Waals surface area (Å²) in [4.78, 5) is 15.6. The summed E-state index contributed by atoms with van der Waals surface area (Å²) < 4.78 is 19.3. The second-order valence-electron chi connectivity index (χ2n) is 5.25. The largest absolute Gasteiger partial charge is 0.489 e. The Balaban J connectivity index is 1.74. The zero-order chi connectivity index (χ0) is 18.0. The number of halogens is 2. The molecule has 25 heavy (non-hydrogen) atoms. The molecule has 0 radical (unpaired) electrons. The first-order valence-electron chi connectivity index (χ1n) is 7.32. The highest BCUT2D eigenvalue weighted by atomic mass is 35.5. The third-order valence-electron chi connectivity index (χ3n) is 3.54. The molecule has 1 aromatic heterocycles. The van der Waals surface area contributed by atoms with Gasteiger partial charge in [0.2, 0.25) is 0 Å². The summed E-state index contributed by atoms with van der Waals surface area (Å²) >= 11 is 7.09. The molecule has 0 saturated carbocycles. The Labute approximate surface area is 152 Å². The number of hydrogen-bond donors (Lipinski definition) is 1. The third kappa shape index (κ3) is 3.81. The Morgan fingerprint density at radius 2 is 2.00 bits per heavy atom. The van der Waals surface area contributed by atoms with Gasteiger partial charge in [0.05, 0.1) is 10.7 Å². The van der Waals surface area contributed by atoms with Gasteiger partial charge in [0.1, 0.15) is 28.1 Å². The van der Waals surface area contributed by atoms with Gasteiger partial charge in [-0.2, -0.15) is 0 Å². The summed E-state index contributed by atoms with van der Waals surface area (Å²) in [6.45, 7) is 1.68. The van der Waals surface area contributed by atoms with Crippen molar-refractivity contribution in [2.24, 2.45) is 0 Å². The third-order valence-corrected chi connectivity index (χ3v) is 5.09. The van der Waals surface area contributed by atoms with Crippen LogP contribution in [0.2, 0.25) is 5.02 Å². The maximum absolute atomic E-state index is 13.7. The van der Waals surface area contributed by atoms with E-state index in [9.17, 15) is 9.18 Å². The lowest BCUT2D eigenvalue weighted by Crippen LogP contribution is -1.99. The van der Waals surface area contributed by atoms with Crippen molar-refractivity contribution in [2.75, 3.05) is 0 Å². The molecule has 0 fully saturated rings. The van der Waals surface area contributed by atoms with Crippen molar-refractivity contribution >= 4 is 28.9 Å². The van der Waals surface area contributed by atoms with E-state index in [1.807, 2.05) is 0 Å². The van der Waals surface area contributed by atoms with Gasteiger partial charge in [-0.1, -0.05) is 17.7 Å². The van der Waals surface area contributed by atoms with Crippen molar-refractivity contribution < 1.29 is 19.0 Å². The van der Waals surface area contributed by atoms with Crippen LogP contribution in [0.3, 0.4) is 0 Å². The lowest BCUT2D eigenvalue weighted by Gasteiger charge is -2.09. The van der Waals surface area contributed by atoms with Crippen LogP contribution < -0.4 is 4.74 Å². The molecule has 0 aliphatic heterocycles. The summed E-state index contributed by atoms with van der Waals surface area (Å²) in [5, 5.41) is 10.0. The molecule has 7 heteroatoms. The zero-order valence-electron chi connectivity index (χ0n) is 13.1. The molecular weight excluding hydrogens is 365 g/mol. The molecule has 0 aliphatic carbocycles. The first kappa shape index (κ1) is 17.4. The molecule has 1 heterocycles. The van der Waals surface area contributed by atoms with Crippen LogP contribution in [0.4, 0.5) is 4.39 Å². The van der Waals surface area contributed by atoms with E-state index in [-0.39, 0.29) is 11.5 Å². The van der Waals surface area contributed by atoms with Gasteiger partial charge in [-0.05, 0) is 43.3 Å². The van der Waals surface area contributed by atoms with Gasteiger partial charge in [-0.25, -0.2) is 14.2 Å². The fraction of sp³-hybridized carbons (Fsp3) is 0.111. The highest BCUT2D eigenvalue weighted by Gasteiger charge is 2.15. The van der Waals surface area contributed by atoms with Crippen molar-refractivity contribution in [1.29, 1.82) is 0 Å². The fourth-order valence-electron chi connectivity index (χ4n) is 2.24. The number of hydrogen-bond acceptors (Lipinski definition) is 4. The monoisotopic (exact) mass is 377 g/mol. The molecule has 4 nitrogen and oxygen atoms in total. The standard InChI is InChI=1S/C18H13ClFNO3S/c1-10-16(18(22)23)25-17(21-10)11-5-7-12(8-6-11)24-9-13-14(19)3-2-4-15(13)20/h2-8H,9H2,1H3,(H,22,23). The van der Waals surface area contributed by atoms with Gasteiger partial charge in [0, 0.05) is 11.1 Å². The molecule has 128 valence electrons. The van der Waals surface area contributed by atoms with E-state index in [1.165, 1.54) is 12.1 Å². The molecule has 0 atom stereocenters. The van der Waals surface area contributed by atoms with E-state index in [1.54, 1.807) is 37.3 Å². The SMILES string of the molecule is Cc1nc(-c2ccc(OCc3c(F)cccc3Cl)cc2)sc1C(=O)O. The quantitative estimate of drug-likeness (QED) is 0.664. The van der Waals surface area contributed by atoms with E-state index in [0.717, 1.165) is 16.9 Å². The predicted molar refractivity (Wildman–Crippen MR) is 95.0 cm³/mol. The van der Waals surface area contributed by atoms with E-state index in [2.05, 4.69) is 4.98 Å². The van der Waals surface area contributed by atoms with Crippen LogP contribution in [0.5, 0.6) is 5.75 Å². The summed E-state index contributed by atoms with van der Waals surface area (Å²) in [6.07, 6.45) is 0. The Morgan fingerprint density at radius 3 is 2.60 bits per heavy atom. The van der Waals surface area contributed by atoms with Crippen molar-refractivity contribution in [2.45, 2.75) is 13.5 Å². The molecule has 0 amide bonds. The Hall–Kier alpha value is -2.44. The number of nitrogens with zero attached hydrogens (tertiary/aromatic N) is 1. The second kappa shape index (κ2) is 7.21.